The van der Waals surface area contributed by atoms with Crippen molar-refractivity contribution in [3.63, 3.8) is 0 Å². The molecule has 8 heteroatoms. The molecule has 1 aromatic heterocycles. The number of benzene rings is 2. The van der Waals surface area contributed by atoms with Gasteiger partial charge in [0.25, 0.3) is 5.91 Å². The normalized spacial score (nSPS) is 15.0. The molecule has 33 heavy (non-hydrogen) atoms. The predicted octanol–water partition coefficient (Wildman–Crippen LogP) is 6.83. The number of carbonyl (C=O) groups is 1. The van der Waals surface area contributed by atoms with E-state index >= 15 is 0 Å². The van der Waals surface area contributed by atoms with Crippen LogP contribution in [0.1, 0.15) is 53.5 Å². The molecule has 5 nitrogen and oxygen atoms in total. The second kappa shape index (κ2) is 10.3. The summed E-state index contributed by atoms with van der Waals surface area (Å²) in [6, 6.07) is 12.8. The molecular weight excluding hydrogens is 479 g/mol. The minimum Gasteiger partial charge on any atom is -0.283 e. The molecule has 1 fully saturated rings. The highest BCUT2D eigenvalue weighted by molar-refractivity contribution is 6.35. The van der Waals surface area contributed by atoms with E-state index in [-0.39, 0.29) is 5.91 Å². The number of aromatic nitrogens is 2. The summed E-state index contributed by atoms with van der Waals surface area (Å²) < 4.78 is 1.72. The molecule has 0 unspecified atom stereocenters. The molecule has 0 radical (unpaired) electrons. The van der Waals surface area contributed by atoms with E-state index in [0.717, 1.165) is 48.3 Å². The van der Waals surface area contributed by atoms with Crippen LogP contribution >= 0.6 is 34.8 Å². The maximum atomic E-state index is 13.2. The van der Waals surface area contributed by atoms with Crippen molar-refractivity contribution in [1.82, 2.24) is 20.2 Å². The summed E-state index contributed by atoms with van der Waals surface area (Å²) in [4.78, 5) is 13.2. The van der Waals surface area contributed by atoms with Crippen molar-refractivity contribution in [3.8, 4) is 5.69 Å². The Morgan fingerprint density at radius 1 is 1.03 bits per heavy atom. The minimum absolute atomic E-state index is 0.227. The highest BCUT2D eigenvalue weighted by Gasteiger charge is 2.24. The lowest BCUT2D eigenvalue weighted by atomic mass is 10.0. The van der Waals surface area contributed by atoms with Gasteiger partial charge in [0.1, 0.15) is 0 Å². The first-order valence-electron chi connectivity index (χ1n) is 10.9. The molecule has 1 aliphatic heterocycles. The topological polar surface area (TPSA) is 50.2 Å². The summed E-state index contributed by atoms with van der Waals surface area (Å²) in [5.74, 6) is -0.227. The van der Waals surface area contributed by atoms with Crippen molar-refractivity contribution in [2.75, 3.05) is 13.1 Å². The molecule has 0 atom stereocenters. The molecule has 0 saturated carbocycles. The van der Waals surface area contributed by atoms with E-state index in [1.165, 1.54) is 6.42 Å². The van der Waals surface area contributed by atoms with Gasteiger partial charge in [0.05, 0.1) is 16.4 Å². The van der Waals surface area contributed by atoms with Crippen LogP contribution in [0.15, 0.2) is 42.5 Å². The molecule has 1 amide bonds. The van der Waals surface area contributed by atoms with Crippen LogP contribution in [-0.2, 0) is 0 Å². The second-order valence-corrected chi connectivity index (χ2v) is 9.48. The quantitative estimate of drug-likeness (QED) is 0.415. The standard InChI is InChI=1S/C25H25Cl3N4O/c1-16(13-18-7-6-8-19(26)14-18)24-17(2)23(25(33)30-31-11-4-3-5-12-31)29-32(24)22-10-9-20(27)15-21(22)28/h6-10,13-15H,3-5,11-12H2,1-2H3,(H,30,33). The molecular formula is C25H25Cl3N4O. The van der Waals surface area contributed by atoms with E-state index < -0.39 is 0 Å². The van der Waals surface area contributed by atoms with Crippen molar-refractivity contribution in [2.45, 2.75) is 33.1 Å². The molecule has 1 N–H and O–H groups in total. The monoisotopic (exact) mass is 502 g/mol. The van der Waals surface area contributed by atoms with Gasteiger partial charge in [-0.2, -0.15) is 5.10 Å². The van der Waals surface area contributed by atoms with E-state index in [0.29, 0.717) is 26.4 Å². The van der Waals surface area contributed by atoms with E-state index in [4.69, 9.17) is 39.9 Å². The Balaban J connectivity index is 1.80. The van der Waals surface area contributed by atoms with Crippen molar-refractivity contribution < 1.29 is 4.79 Å². The summed E-state index contributed by atoms with van der Waals surface area (Å²) in [5.41, 5.74) is 7.46. The zero-order valence-electron chi connectivity index (χ0n) is 18.5. The number of hydrogen-bond acceptors (Lipinski definition) is 3. The summed E-state index contributed by atoms with van der Waals surface area (Å²) in [6.07, 6.45) is 5.34. The number of rotatable bonds is 5. The van der Waals surface area contributed by atoms with Crippen LogP contribution in [0.5, 0.6) is 0 Å². The predicted molar refractivity (Wildman–Crippen MR) is 136 cm³/mol. The smallest absolute Gasteiger partial charge is 0.283 e. The third-order valence-corrected chi connectivity index (χ3v) is 6.47. The summed E-state index contributed by atoms with van der Waals surface area (Å²) >= 11 is 18.8. The van der Waals surface area contributed by atoms with Gasteiger partial charge in [0.15, 0.2) is 5.69 Å². The zero-order chi connectivity index (χ0) is 23.5. The molecule has 2 heterocycles. The molecule has 4 rings (SSSR count). The fourth-order valence-electron chi connectivity index (χ4n) is 4.12. The molecule has 1 saturated heterocycles. The third-order valence-electron chi connectivity index (χ3n) is 5.70. The van der Waals surface area contributed by atoms with Gasteiger partial charge in [0, 0.05) is 28.7 Å². The Bertz CT molecular complexity index is 1210. The van der Waals surface area contributed by atoms with Gasteiger partial charge in [-0.15, -0.1) is 0 Å². The first-order chi connectivity index (χ1) is 15.8. The molecule has 172 valence electrons. The second-order valence-electron chi connectivity index (χ2n) is 8.20. The number of allylic oxidation sites excluding steroid dienone is 1. The summed E-state index contributed by atoms with van der Waals surface area (Å²) in [7, 11) is 0. The first-order valence-corrected chi connectivity index (χ1v) is 12.0. The van der Waals surface area contributed by atoms with Gasteiger partial charge >= 0.3 is 0 Å². The highest BCUT2D eigenvalue weighted by atomic mass is 35.5. The Hall–Kier alpha value is -2.31. The fraction of sp³-hybridized carbons (Fsp3) is 0.280. The van der Waals surface area contributed by atoms with Crippen LogP contribution in [0.4, 0.5) is 0 Å². The molecule has 0 bridgehead atoms. The average Bonchev–Trinajstić information content (AvgIpc) is 3.11. The number of nitrogens with zero attached hydrogens (tertiary/aromatic N) is 3. The lowest BCUT2D eigenvalue weighted by Crippen LogP contribution is -2.45. The SMILES string of the molecule is CC(=Cc1cccc(Cl)c1)c1c(C)c(C(=O)NN2CCCCC2)nn1-c1ccc(Cl)cc1Cl. The van der Waals surface area contributed by atoms with Gasteiger partial charge in [0.2, 0.25) is 0 Å². The van der Waals surface area contributed by atoms with Crippen LogP contribution in [0.3, 0.4) is 0 Å². The Morgan fingerprint density at radius 2 is 1.76 bits per heavy atom. The average molecular weight is 504 g/mol. The van der Waals surface area contributed by atoms with Gasteiger partial charge < -0.3 is 0 Å². The van der Waals surface area contributed by atoms with Gasteiger partial charge in [-0.3, -0.25) is 10.2 Å². The largest absolute Gasteiger partial charge is 0.286 e. The lowest BCUT2D eigenvalue weighted by molar-refractivity contribution is 0.0743. The van der Waals surface area contributed by atoms with Crippen molar-refractivity contribution in [2.24, 2.45) is 0 Å². The molecule has 2 aromatic carbocycles. The van der Waals surface area contributed by atoms with Gasteiger partial charge in [-0.1, -0.05) is 53.4 Å². The number of piperidine rings is 1. The number of carbonyl (C=O) groups excluding carboxylic acids is 1. The third kappa shape index (κ3) is 5.44. The highest BCUT2D eigenvalue weighted by Crippen LogP contribution is 2.31. The number of nitrogens with one attached hydrogen (secondary N) is 1. The van der Waals surface area contributed by atoms with Crippen LogP contribution in [-0.4, -0.2) is 33.8 Å². The summed E-state index contributed by atoms with van der Waals surface area (Å²) in [5, 5.41) is 8.30. The molecule has 0 aliphatic carbocycles. The Labute approximate surface area is 208 Å². The van der Waals surface area contributed by atoms with Gasteiger partial charge in [-0.25, -0.2) is 9.69 Å². The minimum atomic E-state index is -0.227. The molecule has 1 aliphatic rings. The Kier molecular flexibility index (Phi) is 7.45. The molecule has 0 spiro atoms. The van der Waals surface area contributed by atoms with E-state index in [9.17, 15) is 4.79 Å². The van der Waals surface area contributed by atoms with Crippen molar-refractivity contribution in [3.05, 3.63) is 80.0 Å². The Morgan fingerprint density at radius 3 is 2.45 bits per heavy atom. The first kappa shape index (κ1) is 23.8. The maximum absolute atomic E-state index is 13.2. The van der Waals surface area contributed by atoms with E-state index in [2.05, 4.69) is 5.43 Å². The van der Waals surface area contributed by atoms with Crippen LogP contribution < -0.4 is 5.43 Å². The van der Waals surface area contributed by atoms with Crippen LogP contribution in [0.25, 0.3) is 17.3 Å². The number of amides is 1. The van der Waals surface area contributed by atoms with Crippen LogP contribution in [0, 0.1) is 6.92 Å². The van der Waals surface area contributed by atoms with E-state index in [1.54, 1.807) is 22.9 Å². The van der Waals surface area contributed by atoms with Crippen molar-refractivity contribution in [1.29, 1.82) is 0 Å². The summed E-state index contributed by atoms with van der Waals surface area (Å²) in [6.45, 7) is 5.57. The molecule has 3 aromatic rings. The van der Waals surface area contributed by atoms with Crippen molar-refractivity contribution >= 4 is 52.4 Å². The zero-order valence-corrected chi connectivity index (χ0v) is 20.8. The number of halogens is 3. The maximum Gasteiger partial charge on any atom is 0.286 e. The van der Waals surface area contributed by atoms with Gasteiger partial charge in [-0.05, 0) is 74.2 Å². The number of hydrazine groups is 1. The van der Waals surface area contributed by atoms with Crippen LogP contribution in [0.2, 0.25) is 15.1 Å². The fourth-order valence-corrected chi connectivity index (χ4v) is 4.81. The lowest BCUT2D eigenvalue weighted by Gasteiger charge is -2.26. The van der Waals surface area contributed by atoms with E-state index in [1.807, 2.05) is 49.2 Å². The number of hydrogen-bond donors (Lipinski definition) is 1.